The van der Waals surface area contributed by atoms with Crippen molar-refractivity contribution in [3.8, 4) is 0 Å². The standard InChI is InChI=1S/C11H15N5/c1-15-8-14-10-9(15)2-3-13-11(10)16-6-4-12-5-7-16/h2-3,8,12H,4-7H2,1H3. The molecule has 3 rings (SSSR count). The Labute approximate surface area is 94.1 Å². The smallest absolute Gasteiger partial charge is 0.156 e. The molecule has 5 nitrogen and oxygen atoms in total. The van der Waals surface area contributed by atoms with Gasteiger partial charge in [0.25, 0.3) is 0 Å². The third kappa shape index (κ3) is 1.44. The van der Waals surface area contributed by atoms with Gasteiger partial charge in [-0.2, -0.15) is 0 Å². The maximum absolute atomic E-state index is 4.47. The quantitative estimate of drug-likeness (QED) is 0.750. The summed E-state index contributed by atoms with van der Waals surface area (Å²) in [5.41, 5.74) is 2.15. The zero-order valence-corrected chi connectivity index (χ0v) is 9.35. The van der Waals surface area contributed by atoms with Gasteiger partial charge in [0.05, 0.1) is 11.8 Å². The van der Waals surface area contributed by atoms with Crippen LogP contribution in [0.3, 0.4) is 0 Å². The van der Waals surface area contributed by atoms with E-state index in [0.29, 0.717) is 0 Å². The monoisotopic (exact) mass is 217 g/mol. The van der Waals surface area contributed by atoms with E-state index in [2.05, 4.69) is 20.2 Å². The number of rotatable bonds is 1. The van der Waals surface area contributed by atoms with Gasteiger partial charge in [0.2, 0.25) is 0 Å². The van der Waals surface area contributed by atoms with Crippen molar-refractivity contribution in [2.75, 3.05) is 31.1 Å². The minimum Gasteiger partial charge on any atom is -0.352 e. The molecule has 1 saturated heterocycles. The number of piperazine rings is 1. The van der Waals surface area contributed by atoms with Crippen LogP contribution in [0.25, 0.3) is 11.0 Å². The van der Waals surface area contributed by atoms with E-state index in [1.807, 2.05) is 30.2 Å². The van der Waals surface area contributed by atoms with Crippen LogP contribution >= 0.6 is 0 Å². The lowest BCUT2D eigenvalue weighted by Gasteiger charge is -2.28. The molecular formula is C11H15N5. The van der Waals surface area contributed by atoms with Crippen molar-refractivity contribution < 1.29 is 0 Å². The molecule has 84 valence electrons. The molecule has 1 fully saturated rings. The molecule has 2 aromatic rings. The van der Waals surface area contributed by atoms with Gasteiger partial charge in [-0.25, -0.2) is 9.97 Å². The molecule has 0 aliphatic carbocycles. The van der Waals surface area contributed by atoms with Crippen molar-refractivity contribution in [1.29, 1.82) is 0 Å². The van der Waals surface area contributed by atoms with Gasteiger partial charge in [-0.1, -0.05) is 0 Å². The Morgan fingerprint density at radius 3 is 2.88 bits per heavy atom. The van der Waals surface area contributed by atoms with E-state index in [9.17, 15) is 0 Å². The molecule has 0 amide bonds. The average Bonchev–Trinajstić information content (AvgIpc) is 2.73. The van der Waals surface area contributed by atoms with E-state index in [-0.39, 0.29) is 0 Å². The Morgan fingerprint density at radius 1 is 1.25 bits per heavy atom. The summed E-state index contributed by atoms with van der Waals surface area (Å²) in [5.74, 6) is 1.01. The third-order valence-electron chi connectivity index (χ3n) is 3.04. The van der Waals surface area contributed by atoms with Crippen LogP contribution in [0.4, 0.5) is 5.82 Å². The first-order valence-corrected chi connectivity index (χ1v) is 5.58. The van der Waals surface area contributed by atoms with Crippen molar-refractivity contribution in [1.82, 2.24) is 19.9 Å². The topological polar surface area (TPSA) is 46.0 Å². The molecule has 0 radical (unpaired) electrons. The van der Waals surface area contributed by atoms with Crippen LogP contribution < -0.4 is 10.2 Å². The molecule has 1 aliphatic rings. The normalized spacial score (nSPS) is 16.9. The Bertz CT molecular complexity index is 498. The van der Waals surface area contributed by atoms with Crippen LogP contribution in [0.5, 0.6) is 0 Å². The summed E-state index contributed by atoms with van der Waals surface area (Å²) >= 11 is 0. The van der Waals surface area contributed by atoms with Gasteiger partial charge in [-0.3, -0.25) is 0 Å². The fourth-order valence-corrected chi connectivity index (χ4v) is 2.16. The molecular weight excluding hydrogens is 202 g/mol. The number of fused-ring (bicyclic) bond motifs is 1. The molecule has 0 aromatic carbocycles. The fourth-order valence-electron chi connectivity index (χ4n) is 2.16. The van der Waals surface area contributed by atoms with Gasteiger partial charge >= 0.3 is 0 Å². The maximum atomic E-state index is 4.47. The van der Waals surface area contributed by atoms with Crippen molar-refractivity contribution in [2.24, 2.45) is 7.05 Å². The van der Waals surface area contributed by atoms with Gasteiger partial charge in [0.15, 0.2) is 5.82 Å². The fraction of sp³-hybridized carbons (Fsp3) is 0.455. The number of hydrogen-bond acceptors (Lipinski definition) is 4. The lowest BCUT2D eigenvalue weighted by Crippen LogP contribution is -2.44. The van der Waals surface area contributed by atoms with E-state index < -0.39 is 0 Å². The Balaban J connectivity index is 2.08. The third-order valence-corrected chi connectivity index (χ3v) is 3.04. The SMILES string of the molecule is Cn1cnc2c(N3CCNCC3)nccc21. The van der Waals surface area contributed by atoms with Crippen LogP contribution in [0.15, 0.2) is 18.6 Å². The molecule has 0 unspecified atom stereocenters. The number of anilines is 1. The first-order valence-electron chi connectivity index (χ1n) is 5.58. The first kappa shape index (κ1) is 9.59. The highest BCUT2D eigenvalue weighted by molar-refractivity contribution is 5.86. The van der Waals surface area contributed by atoms with Gasteiger partial charge in [0, 0.05) is 39.4 Å². The van der Waals surface area contributed by atoms with Crippen molar-refractivity contribution in [2.45, 2.75) is 0 Å². The van der Waals surface area contributed by atoms with E-state index in [4.69, 9.17) is 0 Å². The highest BCUT2D eigenvalue weighted by atomic mass is 15.2. The second-order valence-corrected chi connectivity index (χ2v) is 4.09. The zero-order valence-electron chi connectivity index (χ0n) is 9.35. The Morgan fingerprint density at radius 2 is 2.06 bits per heavy atom. The number of imidazole rings is 1. The number of nitrogens with one attached hydrogen (secondary N) is 1. The second-order valence-electron chi connectivity index (χ2n) is 4.09. The Kier molecular flexibility index (Phi) is 2.25. The minimum absolute atomic E-state index is 1.00. The van der Waals surface area contributed by atoms with Gasteiger partial charge < -0.3 is 14.8 Å². The number of aromatic nitrogens is 3. The largest absolute Gasteiger partial charge is 0.352 e. The summed E-state index contributed by atoms with van der Waals surface area (Å²) in [6, 6.07) is 2.01. The van der Waals surface area contributed by atoms with Crippen molar-refractivity contribution >= 4 is 16.9 Å². The molecule has 16 heavy (non-hydrogen) atoms. The van der Waals surface area contributed by atoms with Crippen molar-refractivity contribution in [3.05, 3.63) is 18.6 Å². The van der Waals surface area contributed by atoms with E-state index >= 15 is 0 Å². The second kappa shape index (κ2) is 3.75. The first-order chi connectivity index (χ1) is 7.86. The molecule has 0 spiro atoms. The number of aryl methyl sites for hydroxylation is 1. The van der Waals surface area contributed by atoms with Crippen LogP contribution in [-0.4, -0.2) is 40.7 Å². The molecule has 3 heterocycles. The molecule has 0 saturated carbocycles. The van der Waals surface area contributed by atoms with Gasteiger partial charge in [-0.15, -0.1) is 0 Å². The zero-order chi connectivity index (χ0) is 11.0. The lowest BCUT2D eigenvalue weighted by molar-refractivity contribution is 0.586. The van der Waals surface area contributed by atoms with Crippen LogP contribution in [0.1, 0.15) is 0 Å². The number of hydrogen-bond donors (Lipinski definition) is 1. The van der Waals surface area contributed by atoms with Gasteiger partial charge in [-0.05, 0) is 6.07 Å². The minimum atomic E-state index is 1.00. The summed E-state index contributed by atoms with van der Waals surface area (Å²) in [6.07, 6.45) is 3.71. The summed E-state index contributed by atoms with van der Waals surface area (Å²) in [6.45, 7) is 4.04. The number of nitrogens with zero attached hydrogens (tertiary/aromatic N) is 4. The summed E-state index contributed by atoms with van der Waals surface area (Å²) in [5, 5.41) is 3.34. The summed E-state index contributed by atoms with van der Waals surface area (Å²) in [7, 11) is 2.01. The predicted octanol–water partition coefficient (Wildman–Crippen LogP) is 0.378. The van der Waals surface area contributed by atoms with Crippen LogP contribution in [-0.2, 0) is 7.05 Å². The molecule has 1 N–H and O–H groups in total. The molecule has 0 bridgehead atoms. The molecule has 2 aromatic heterocycles. The van der Waals surface area contributed by atoms with E-state index in [1.165, 1.54) is 0 Å². The predicted molar refractivity (Wildman–Crippen MR) is 63.6 cm³/mol. The lowest BCUT2D eigenvalue weighted by atomic mass is 10.3. The van der Waals surface area contributed by atoms with Gasteiger partial charge in [0.1, 0.15) is 5.52 Å². The summed E-state index contributed by atoms with van der Waals surface area (Å²) in [4.78, 5) is 11.2. The number of pyridine rings is 1. The molecule has 5 heteroatoms. The molecule has 0 atom stereocenters. The highest BCUT2D eigenvalue weighted by Crippen LogP contribution is 2.22. The van der Waals surface area contributed by atoms with E-state index in [1.54, 1.807) is 0 Å². The van der Waals surface area contributed by atoms with Crippen LogP contribution in [0, 0.1) is 0 Å². The summed E-state index contributed by atoms with van der Waals surface area (Å²) < 4.78 is 2.03. The molecule has 1 aliphatic heterocycles. The Hall–Kier alpha value is -1.62. The highest BCUT2D eigenvalue weighted by Gasteiger charge is 2.16. The van der Waals surface area contributed by atoms with Crippen molar-refractivity contribution in [3.63, 3.8) is 0 Å². The van der Waals surface area contributed by atoms with E-state index in [0.717, 1.165) is 43.0 Å². The van der Waals surface area contributed by atoms with Crippen LogP contribution in [0.2, 0.25) is 0 Å². The maximum Gasteiger partial charge on any atom is 0.156 e. The average molecular weight is 217 g/mol.